The van der Waals surface area contributed by atoms with Gasteiger partial charge in [0.25, 0.3) is 0 Å². The summed E-state index contributed by atoms with van der Waals surface area (Å²) in [5.41, 5.74) is 3.96. The standard InChI is InChI=1S/C19H20N2O2/c1-13-6-5-7-14(10-13)12-20-19(23)16-11-18(22)21(2)17-9-4-3-8-15(16)17/h3-10,16H,11-12H2,1-2H3,(H,20,23). The Morgan fingerprint density at radius 1 is 1.22 bits per heavy atom. The molecule has 2 amide bonds. The molecule has 0 aliphatic carbocycles. The van der Waals surface area contributed by atoms with Crippen LogP contribution in [0.25, 0.3) is 0 Å². The van der Waals surface area contributed by atoms with Gasteiger partial charge in [0.05, 0.1) is 5.92 Å². The van der Waals surface area contributed by atoms with Crippen molar-refractivity contribution in [1.82, 2.24) is 5.32 Å². The molecule has 1 atom stereocenters. The van der Waals surface area contributed by atoms with Crippen LogP contribution in [0.5, 0.6) is 0 Å². The van der Waals surface area contributed by atoms with E-state index in [0.29, 0.717) is 6.54 Å². The predicted octanol–water partition coefficient (Wildman–Crippen LogP) is 2.76. The predicted molar refractivity (Wildman–Crippen MR) is 90.2 cm³/mol. The van der Waals surface area contributed by atoms with Crippen molar-refractivity contribution in [3.05, 3.63) is 65.2 Å². The van der Waals surface area contributed by atoms with Crippen LogP contribution in [0.15, 0.2) is 48.5 Å². The van der Waals surface area contributed by atoms with Gasteiger partial charge >= 0.3 is 0 Å². The first-order valence-corrected chi connectivity index (χ1v) is 7.75. The van der Waals surface area contributed by atoms with Gasteiger partial charge in [-0.15, -0.1) is 0 Å². The highest BCUT2D eigenvalue weighted by molar-refractivity contribution is 6.02. The summed E-state index contributed by atoms with van der Waals surface area (Å²) >= 11 is 0. The van der Waals surface area contributed by atoms with E-state index >= 15 is 0 Å². The number of nitrogens with one attached hydrogen (secondary N) is 1. The van der Waals surface area contributed by atoms with Gasteiger partial charge in [0, 0.05) is 25.7 Å². The Balaban J connectivity index is 1.77. The van der Waals surface area contributed by atoms with E-state index < -0.39 is 5.92 Å². The lowest BCUT2D eigenvalue weighted by Gasteiger charge is -2.30. The summed E-state index contributed by atoms with van der Waals surface area (Å²) in [5, 5.41) is 2.96. The molecule has 0 fully saturated rings. The second-order valence-electron chi connectivity index (χ2n) is 5.98. The fourth-order valence-electron chi connectivity index (χ4n) is 3.01. The number of carbonyl (C=O) groups excluding carboxylic acids is 2. The third kappa shape index (κ3) is 3.11. The van der Waals surface area contributed by atoms with Gasteiger partial charge < -0.3 is 10.2 Å². The normalized spacial score (nSPS) is 16.9. The second kappa shape index (κ2) is 6.24. The molecule has 3 rings (SSSR count). The highest BCUT2D eigenvalue weighted by Gasteiger charge is 2.33. The maximum atomic E-state index is 12.6. The second-order valence-corrected chi connectivity index (χ2v) is 5.98. The zero-order chi connectivity index (χ0) is 16.4. The Kier molecular flexibility index (Phi) is 4.15. The summed E-state index contributed by atoms with van der Waals surface area (Å²) in [4.78, 5) is 26.4. The highest BCUT2D eigenvalue weighted by atomic mass is 16.2. The van der Waals surface area contributed by atoms with Crippen LogP contribution < -0.4 is 10.2 Å². The molecule has 23 heavy (non-hydrogen) atoms. The minimum Gasteiger partial charge on any atom is -0.351 e. The van der Waals surface area contributed by atoms with Crippen molar-refractivity contribution in [2.24, 2.45) is 0 Å². The summed E-state index contributed by atoms with van der Waals surface area (Å²) in [6.45, 7) is 2.50. The van der Waals surface area contributed by atoms with Crippen molar-refractivity contribution < 1.29 is 9.59 Å². The van der Waals surface area contributed by atoms with Crippen LogP contribution in [0.1, 0.15) is 29.0 Å². The summed E-state index contributed by atoms with van der Waals surface area (Å²) in [6, 6.07) is 15.6. The number of nitrogens with zero attached hydrogens (tertiary/aromatic N) is 1. The minimum absolute atomic E-state index is 0.0283. The van der Waals surface area contributed by atoms with Gasteiger partial charge in [-0.25, -0.2) is 0 Å². The molecule has 0 saturated carbocycles. The van der Waals surface area contributed by atoms with Crippen LogP contribution >= 0.6 is 0 Å². The van der Waals surface area contributed by atoms with Gasteiger partial charge in [-0.05, 0) is 24.1 Å². The van der Waals surface area contributed by atoms with Gasteiger partial charge in [-0.2, -0.15) is 0 Å². The van der Waals surface area contributed by atoms with Crippen LogP contribution in [0.2, 0.25) is 0 Å². The Morgan fingerprint density at radius 2 is 2.00 bits per heavy atom. The first-order valence-electron chi connectivity index (χ1n) is 7.75. The quantitative estimate of drug-likeness (QED) is 0.948. The fourth-order valence-corrected chi connectivity index (χ4v) is 3.01. The Labute approximate surface area is 136 Å². The van der Waals surface area contributed by atoms with E-state index in [1.807, 2.05) is 55.5 Å². The first-order chi connectivity index (χ1) is 11.1. The molecule has 0 spiro atoms. The maximum Gasteiger partial charge on any atom is 0.228 e. The van der Waals surface area contributed by atoms with Gasteiger partial charge in [0.2, 0.25) is 11.8 Å². The van der Waals surface area contributed by atoms with Crippen molar-refractivity contribution in [2.45, 2.75) is 25.8 Å². The van der Waals surface area contributed by atoms with Gasteiger partial charge in [0.1, 0.15) is 0 Å². The number of benzene rings is 2. The van der Waals surface area contributed by atoms with E-state index in [1.165, 1.54) is 0 Å². The molecular weight excluding hydrogens is 288 g/mol. The van der Waals surface area contributed by atoms with Crippen molar-refractivity contribution in [2.75, 3.05) is 11.9 Å². The van der Waals surface area contributed by atoms with Crippen molar-refractivity contribution in [3.63, 3.8) is 0 Å². The molecule has 0 saturated heterocycles. The van der Waals surface area contributed by atoms with Crippen LogP contribution in [-0.4, -0.2) is 18.9 Å². The highest BCUT2D eigenvalue weighted by Crippen LogP contribution is 2.35. The molecule has 2 aromatic rings. The Bertz CT molecular complexity index is 755. The lowest BCUT2D eigenvalue weighted by Crippen LogP contribution is -2.39. The van der Waals surface area contributed by atoms with E-state index in [1.54, 1.807) is 11.9 Å². The molecule has 1 heterocycles. The number of fused-ring (bicyclic) bond motifs is 1. The SMILES string of the molecule is Cc1cccc(CNC(=O)C2CC(=O)N(C)c3ccccc32)c1. The first kappa shape index (κ1) is 15.3. The number of hydrogen-bond acceptors (Lipinski definition) is 2. The molecule has 118 valence electrons. The molecule has 0 bridgehead atoms. The minimum atomic E-state index is -0.417. The summed E-state index contributed by atoms with van der Waals surface area (Å²) < 4.78 is 0. The topological polar surface area (TPSA) is 49.4 Å². The molecule has 0 aromatic heterocycles. The lowest BCUT2D eigenvalue weighted by atomic mass is 9.89. The molecule has 1 unspecified atom stereocenters. The van der Waals surface area contributed by atoms with E-state index in [4.69, 9.17) is 0 Å². The number of aryl methyl sites for hydroxylation is 1. The molecule has 1 aliphatic heterocycles. The molecular formula is C19H20N2O2. The molecule has 0 radical (unpaired) electrons. The van der Waals surface area contributed by atoms with E-state index in [9.17, 15) is 9.59 Å². The number of rotatable bonds is 3. The summed E-state index contributed by atoms with van der Waals surface area (Å²) in [6.07, 6.45) is 0.215. The molecule has 1 aliphatic rings. The van der Waals surface area contributed by atoms with Gasteiger partial charge in [0.15, 0.2) is 0 Å². The fraction of sp³-hybridized carbons (Fsp3) is 0.263. The van der Waals surface area contributed by atoms with Crippen LogP contribution in [0, 0.1) is 6.92 Å². The van der Waals surface area contributed by atoms with Crippen LogP contribution in [-0.2, 0) is 16.1 Å². The molecule has 2 aromatic carbocycles. The molecule has 1 N–H and O–H groups in total. The third-order valence-corrected chi connectivity index (χ3v) is 4.29. The Morgan fingerprint density at radius 3 is 2.78 bits per heavy atom. The van der Waals surface area contributed by atoms with E-state index in [2.05, 4.69) is 5.32 Å². The number of hydrogen-bond donors (Lipinski definition) is 1. The zero-order valence-corrected chi connectivity index (χ0v) is 13.4. The maximum absolute atomic E-state index is 12.6. The average molecular weight is 308 g/mol. The summed E-state index contributed by atoms with van der Waals surface area (Å²) in [7, 11) is 1.75. The van der Waals surface area contributed by atoms with E-state index in [-0.39, 0.29) is 18.2 Å². The van der Waals surface area contributed by atoms with Gasteiger partial charge in [-0.3, -0.25) is 9.59 Å². The third-order valence-electron chi connectivity index (χ3n) is 4.29. The van der Waals surface area contributed by atoms with Crippen LogP contribution in [0.4, 0.5) is 5.69 Å². The number of carbonyl (C=O) groups is 2. The van der Waals surface area contributed by atoms with Crippen molar-refractivity contribution in [1.29, 1.82) is 0 Å². The van der Waals surface area contributed by atoms with E-state index in [0.717, 1.165) is 22.4 Å². The lowest BCUT2D eigenvalue weighted by molar-refractivity contribution is -0.127. The van der Waals surface area contributed by atoms with Crippen molar-refractivity contribution >= 4 is 17.5 Å². The summed E-state index contributed by atoms with van der Waals surface area (Å²) in [5.74, 6) is -0.542. The van der Waals surface area contributed by atoms with Gasteiger partial charge in [-0.1, -0.05) is 48.0 Å². The molecule has 4 nitrogen and oxygen atoms in total. The largest absolute Gasteiger partial charge is 0.351 e. The number of para-hydroxylation sites is 1. The Hall–Kier alpha value is -2.62. The van der Waals surface area contributed by atoms with Crippen LogP contribution in [0.3, 0.4) is 0 Å². The monoisotopic (exact) mass is 308 g/mol. The smallest absolute Gasteiger partial charge is 0.228 e. The number of amides is 2. The molecule has 4 heteroatoms. The average Bonchev–Trinajstić information content (AvgIpc) is 2.56. The zero-order valence-electron chi connectivity index (χ0n) is 13.4. The number of anilines is 1. The van der Waals surface area contributed by atoms with Crippen molar-refractivity contribution in [3.8, 4) is 0 Å².